The number of aromatic nitrogens is 2. The molecule has 1 amide bonds. The minimum atomic E-state index is -4.42. The van der Waals surface area contributed by atoms with Crippen molar-refractivity contribution in [3.05, 3.63) is 91.9 Å². The number of hydrogen-bond donors (Lipinski definition) is 3. The third kappa shape index (κ3) is 7.80. The second-order valence-electron chi connectivity index (χ2n) is 10.1. The highest BCUT2D eigenvalue weighted by atomic mass is 35.5. The van der Waals surface area contributed by atoms with Gasteiger partial charge in [0.25, 0.3) is 5.91 Å². The van der Waals surface area contributed by atoms with E-state index in [4.69, 9.17) is 34.0 Å². The molecule has 14 heteroatoms. The molecule has 0 saturated carbocycles. The number of hydrazine groups is 1. The standard InChI is InChI=1S/C31H28Cl2F3N7OS/c1-38-30(37)39-18-23-27(29(44)41-42-15-3-2-4-16-42)40-43(25-13-10-21(32)17-24(25)33)28(23)26-14-12-22(45-26)11-7-19-5-8-20(9-6-19)31(34,35)36/h5-6,8-10,12-14,17H,2-4,15-16,18H2,1H3,(H,41,44)(H3,37,38,39). The maximum Gasteiger partial charge on any atom is 0.416 e. The number of amides is 1. The van der Waals surface area contributed by atoms with Gasteiger partial charge in [-0.3, -0.25) is 15.2 Å². The van der Waals surface area contributed by atoms with Crippen LogP contribution in [0.5, 0.6) is 0 Å². The molecular weight excluding hydrogens is 646 g/mol. The average Bonchev–Trinajstić information content (AvgIpc) is 3.63. The smallest absolute Gasteiger partial charge is 0.370 e. The van der Waals surface area contributed by atoms with Gasteiger partial charge in [0.05, 0.1) is 31.7 Å². The van der Waals surface area contributed by atoms with Crippen LogP contribution in [0.15, 0.2) is 59.6 Å². The van der Waals surface area contributed by atoms with E-state index in [1.54, 1.807) is 36.0 Å². The number of benzene rings is 2. The zero-order chi connectivity index (χ0) is 32.1. The fraction of sp³-hybridized carbons (Fsp3) is 0.258. The Labute approximate surface area is 272 Å². The molecule has 0 bridgehead atoms. The lowest BCUT2D eigenvalue weighted by atomic mass is 10.1. The number of nitrogens with one attached hydrogen (secondary N) is 2. The Kier molecular flexibility index (Phi) is 10.0. The maximum absolute atomic E-state index is 13.7. The van der Waals surface area contributed by atoms with E-state index in [9.17, 15) is 18.0 Å². The molecule has 0 spiro atoms. The number of halogens is 5. The van der Waals surface area contributed by atoms with Gasteiger partial charge in [-0.05, 0) is 67.4 Å². The number of rotatable bonds is 6. The summed E-state index contributed by atoms with van der Waals surface area (Å²) < 4.78 is 40.5. The van der Waals surface area contributed by atoms with Crippen molar-refractivity contribution in [1.29, 1.82) is 0 Å². The first-order chi connectivity index (χ1) is 21.5. The number of alkyl halides is 3. The first-order valence-corrected chi connectivity index (χ1v) is 15.5. The molecule has 1 aliphatic heterocycles. The third-order valence-corrected chi connectivity index (χ3v) is 8.57. The highest BCUT2D eigenvalue weighted by molar-refractivity contribution is 7.16. The van der Waals surface area contributed by atoms with Crippen LogP contribution in [0.3, 0.4) is 0 Å². The SMILES string of the molecule is CN=C(N)NCc1c(C(=O)NN2CCCCC2)nn(-c2ccc(Cl)cc2Cl)c1-c1ccc(C#Cc2ccc(C(F)(F)F)cc2)s1. The van der Waals surface area contributed by atoms with Crippen LogP contribution in [0.1, 0.15) is 51.3 Å². The largest absolute Gasteiger partial charge is 0.416 e. The molecular formula is C31H28Cl2F3N7OS. The average molecular weight is 675 g/mol. The molecule has 1 saturated heterocycles. The topological polar surface area (TPSA) is 101 Å². The Bertz CT molecular complexity index is 1780. The van der Waals surface area contributed by atoms with E-state index in [1.807, 2.05) is 11.1 Å². The molecule has 4 N–H and O–H groups in total. The number of carbonyl (C=O) groups is 1. The van der Waals surface area contributed by atoms with Crippen molar-refractivity contribution in [2.75, 3.05) is 20.1 Å². The van der Waals surface area contributed by atoms with Gasteiger partial charge in [0.15, 0.2) is 11.7 Å². The summed E-state index contributed by atoms with van der Waals surface area (Å²) in [6.07, 6.45) is -1.37. The molecule has 3 heterocycles. The minimum Gasteiger partial charge on any atom is -0.370 e. The maximum atomic E-state index is 13.7. The van der Waals surface area contributed by atoms with Gasteiger partial charge in [-0.2, -0.15) is 18.3 Å². The molecule has 2 aromatic carbocycles. The molecule has 2 aromatic heterocycles. The van der Waals surface area contributed by atoms with E-state index in [-0.39, 0.29) is 24.1 Å². The van der Waals surface area contributed by atoms with E-state index < -0.39 is 11.7 Å². The number of guanidine groups is 1. The second-order valence-corrected chi connectivity index (χ2v) is 12.1. The Morgan fingerprint density at radius 3 is 2.47 bits per heavy atom. The van der Waals surface area contributed by atoms with Crippen molar-refractivity contribution < 1.29 is 18.0 Å². The van der Waals surface area contributed by atoms with Gasteiger partial charge >= 0.3 is 6.18 Å². The summed E-state index contributed by atoms with van der Waals surface area (Å²) >= 11 is 14.2. The summed E-state index contributed by atoms with van der Waals surface area (Å²) in [5.41, 5.74) is 10.4. The zero-order valence-electron chi connectivity index (χ0n) is 24.0. The van der Waals surface area contributed by atoms with Crippen LogP contribution in [0, 0.1) is 11.8 Å². The molecule has 8 nitrogen and oxygen atoms in total. The van der Waals surface area contributed by atoms with E-state index in [2.05, 4.69) is 27.6 Å². The van der Waals surface area contributed by atoms with Crippen molar-refractivity contribution in [2.45, 2.75) is 32.0 Å². The van der Waals surface area contributed by atoms with Crippen molar-refractivity contribution >= 4 is 46.4 Å². The zero-order valence-corrected chi connectivity index (χ0v) is 26.3. The highest BCUT2D eigenvalue weighted by Crippen LogP contribution is 2.37. The number of aliphatic imine (C=N–C) groups is 1. The number of hydrogen-bond acceptors (Lipinski definition) is 5. The number of nitrogens with zero attached hydrogens (tertiary/aromatic N) is 4. The van der Waals surface area contributed by atoms with Crippen LogP contribution in [0.4, 0.5) is 13.2 Å². The lowest BCUT2D eigenvalue weighted by Gasteiger charge is -2.26. The summed E-state index contributed by atoms with van der Waals surface area (Å²) in [6, 6.07) is 13.3. The summed E-state index contributed by atoms with van der Waals surface area (Å²) in [7, 11) is 1.55. The number of nitrogens with two attached hydrogens (primary N) is 1. The first kappa shape index (κ1) is 32.4. The van der Waals surface area contributed by atoms with Crippen LogP contribution < -0.4 is 16.5 Å². The van der Waals surface area contributed by atoms with Crippen molar-refractivity contribution in [3.8, 4) is 28.1 Å². The molecule has 0 aliphatic carbocycles. The van der Waals surface area contributed by atoms with Crippen molar-refractivity contribution in [2.24, 2.45) is 10.7 Å². The molecule has 5 rings (SSSR count). The number of piperidine rings is 1. The lowest BCUT2D eigenvalue weighted by molar-refractivity contribution is -0.137. The minimum absolute atomic E-state index is 0.122. The van der Waals surface area contributed by atoms with Gasteiger partial charge in [0.2, 0.25) is 0 Å². The van der Waals surface area contributed by atoms with Gasteiger partial charge in [-0.1, -0.05) is 41.5 Å². The molecule has 45 heavy (non-hydrogen) atoms. The predicted octanol–water partition coefficient (Wildman–Crippen LogP) is 6.49. The lowest BCUT2D eigenvalue weighted by Crippen LogP contribution is -2.45. The van der Waals surface area contributed by atoms with E-state index in [1.165, 1.54) is 23.5 Å². The van der Waals surface area contributed by atoms with Crippen LogP contribution >= 0.6 is 34.5 Å². The molecule has 1 fully saturated rings. The van der Waals surface area contributed by atoms with Crippen molar-refractivity contribution in [3.63, 3.8) is 0 Å². The number of thiophene rings is 1. The Morgan fingerprint density at radius 2 is 1.80 bits per heavy atom. The van der Waals surface area contributed by atoms with Gasteiger partial charge in [0.1, 0.15) is 0 Å². The first-order valence-electron chi connectivity index (χ1n) is 13.9. The highest BCUT2D eigenvalue weighted by Gasteiger charge is 2.30. The molecule has 0 unspecified atom stereocenters. The van der Waals surface area contributed by atoms with Gasteiger partial charge in [0, 0.05) is 42.8 Å². The van der Waals surface area contributed by atoms with Crippen LogP contribution in [-0.4, -0.2) is 46.8 Å². The third-order valence-electron chi connectivity index (χ3n) is 7.02. The van der Waals surface area contributed by atoms with Gasteiger partial charge in [-0.25, -0.2) is 9.69 Å². The quantitative estimate of drug-likeness (QED) is 0.123. The van der Waals surface area contributed by atoms with E-state index >= 15 is 0 Å². The summed E-state index contributed by atoms with van der Waals surface area (Å²) in [5, 5.41) is 10.4. The molecule has 1 aliphatic rings. The summed E-state index contributed by atoms with van der Waals surface area (Å²) in [4.78, 5) is 19.0. The monoisotopic (exact) mass is 673 g/mol. The second kappa shape index (κ2) is 14.0. The fourth-order valence-corrected chi connectivity index (χ4v) is 6.16. The molecule has 0 radical (unpaired) electrons. The fourth-order valence-electron chi connectivity index (χ4n) is 4.75. The Balaban J connectivity index is 1.59. The predicted molar refractivity (Wildman–Crippen MR) is 172 cm³/mol. The van der Waals surface area contributed by atoms with Crippen LogP contribution in [0.25, 0.3) is 16.3 Å². The van der Waals surface area contributed by atoms with Crippen LogP contribution in [0.2, 0.25) is 10.0 Å². The van der Waals surface area contributed by atoms with E-state index in [0.29, 0.717) is 42.3 Å². The molecule has 4 aromatic rings. The molecule has 234 valence electrons. The van der Waals surface area contributed by atoms with E-state index in [0.717, 1.165) is 44.5 Å². The Hall–Kier alpha value is -4.02. The van der Waals surface area contributed by atoms with Crippen molar-refractivity contribution in [1.82, 2.24) is 25.5 Å². The Morgan fingerprint density at radius 1 is 1.07 bits per heavy atom. The van der Waals surface area contributed by atoms with Gasteiger partial charge < -0.3 is 11.1 Å². The number of carbonyl (C=O) groups excluding carboxylic acids is 1. The summed E-state index contributed by atoms with van der Waals surface area (Å²) in [6.45, 7) is 1.59. The van der Waals surface area contributed by atoms with Gasteiger partial charge in [-0.15, -0.1) is 11.3 Å². The van der Waals surface area contributed by atoms with Crippen LogP contribution in [-0.2, 0) is 12.7 Å². The molecule has 0 atom stereocenters. The normalized spacial score (nSPS) is 14.1. The summed E-state index contributed by atoms with van der Waals surface area (Å²) in [5.74, 6) is 5.73.